The predicted molar refractivity (Wildman–Crippen MR) is 149 cm³/mol. The second kappa shape index (κ2) is 12.3. The van der Waals surface area contributed by atoms with Gasteiger partial charge in [0.15, 0.2) is 5.60 Å². The van der Waals surface area contributed by atoms with Crippen molar-refractivity contribution in [3.8, 4) is 23.7 Å². The molecule has 0 fully saturated rings. The summed E-state index contributed by atoms with van der Waals surface area (Å²) >= 11 is 5.80. The van der Waals surface area contributed by atoms with Gasteiger partial charge in [-0.2, -0.15) is 14.0 Å². The molecule has 5 rings (SSSR count). The van der Waals surface area contributed by atoms with Crippen molar-refractivity contribution >= 4 is 11.6 Å². The Morgan fingerprint density at radius 1 is 0.930 bits per heavy atom. The fourth-order valence-electron chi connectivity index (χ4n) is 4.15. The number of halogens is 4. The summed E-state index contributed by atoms with van der Waals surface area (Å²) in [6.45, 7) is -0.545. The van der Waals surface area contributed by atoms with E-state index in [-0.39, 0.29) is 5.02 Å². The lowest BCUT2D eigenvalue weighted by Gasteiger charge is -2.35. The zero-order valence-electron chi connectivity index (χ0n) is 22.1. The molecule has 214 valence electrons. The van der Waals surface area contributed by atoms with E-state index in [1.807, 2.05) is 12.1 Å². The second-order valence-electron chi connectivity index (χ2n) is 9.37. The van der Waals surface area contributed by atoms with Crippen LogP contribution in [0.2, 0.25) is 5.02 Å². The third kappa shape index (κ3) is 6.49. The molecular weight excluding hydrogens is 581 g/mol. The van der Waals surface area contributed by atoms with Crippen molar-refractivity contribution in [2.24, 2.45) is 0 Å². The number of hydrogen-bond acceptors (Lipinski definition) is 7. The molecule has 12 heteroatoms. The molecule has 1 unspecified atom stereocenters. The van der Waals surface area contributed by atoms with Gasteiger partial charge >= 0.3 is 5.92 Å². The summed E-state index contributed by atoms with van der Waals surface area (Å²) in [6.07, 6.45) is 2.16. The van der Waals surface area contributed by atoms with Gasteiger partial charge in [0.2, 0.25) is 0 Å². The summed E-state index contributed by atoms with van der Waals surface area (Å²) in [6, 6.07) is 21.5. The van der Waals surface area contributed by atoms with Crippen LogP contribution in [0.25, 0.3) is 0 Å². The first kappa shape index (κ1) is 29.3. The van der Waals surface area contributed by atoms with Crippen molar-refractivity contribution in [3.05, 3.63) is 136 Å². The van der Waals surface area contributed by atoms with E-state index in [2.05, 4.69) is 38.4 Å². The fourth-order valence-corrected chi connectivity index (χ4v) is 4.31. The highest BCUT2D eigenvalue weighted by Crippen LogP contribution is 2.46. The van der Waals surface area contributed by atoms with E-state index in [1.165, 1.54) is 12.1 Å². The van der Waals surface area contributed by atoms with Crippen molar-refractivity contribution in [2.45, 2.75) is 24.7 Å². The minimum atomic E-state index is -4.09. The molecule has 8 nitrogen and oxygen atoms in total. The van der Waals surface area contributed by atoms with Crippen molar-refractivity contribution in [2.75, 3.05) is 0 Å². The predicted octanol–water partition coefficient (Wildman–Crippen LogP) is 5.39. The molecule has 1 atom stereocenters. The third-order valence-electron chi connectivity index (χ3n) is 6.46. The average molecular weight is 601 g/mol. The molecule has 5 aromatic rings. The van der Waals surface area contributed by atoms with Crippen LogP contribution in [0, 0.1) is 29.0 Å². The molecule has 1 N–H and O–H groups in total. The Labute approximate surface area is 249 Å². The van der Waals surface area contributed by atoms with E-state index < -0.39 is 35.1 Å². The van der Waals surface area contributed by atoms with E-state index in [1.54, 1.807) is 36.4 Å². The quantitative estimate of drug-likeness (QED) is 0.238. The fraction of sp³-hybridized carbons (Fsp3) is 0.129. The van der Waals surface area contributed by atoms with Crippen LogP contribution in [0.15, 0.2) is 91.4 Å². The molecule has 0 spiro atoms. The van der Waals surface area contributed by atoms with E-state index in [0.29, 0.717) is 29.0 Å². The average Bonchev–Trinajstić information content (AvgIpc) is 3.52. The minimum absolute atomic E-state index is 0.0272. The molecule has 0 bridgehead atoms. The molecule has 2 aromatic heterocycles. The highest BCUT2D eigenvalue weighted by atomic mass is 35.5. The van der Waals surface area contributed by atoms with Crippen molar-refractivity contribution < 1.29 is 23.0 Å². The number of hydrogen-bond donors (Lipinski definition) is 1. The number of alkyl halides is 2. The van der Waals surface area contributed by atoms with E-state index in [9.17, 15) is 9.50 Å². The smallest absolute Gasteiger partial charge is 0.323 e. The molecule has 0 saturated heterocycles. The van der Waals surface area contributed by atoms with Gasteiger partial charge in [-0.25, -0.2) is 9.07 Å². The maximum absolute atomic E-state index is 15.9. The molecule has 43 heavy (non-hydrogen) atoms. The van der Waals surface area contributed by atoms with Crippen LogP contribution >= 0.6 is 11.6 Å². The van der Waals surface area contributed by atoms with Crippen LogP contribution in [-0.4, -0.2) is 30.3 Å². The highest BCUT2D eigenvalue weighted by Gasteiger charge is 2.57. The number of pyridine rings is 1. The largest absolute Gasteiger partial charge is 0.489 e. The van der Waals surface area contributed by atoms with Crippen LogP contribution < -0.4 is 4.74 Å². The standard InChI is InChI=1S/C31H20ClF3N6O2/c32-25-10-13-27(28(33)15-25)30(42,19-41-20-38-39-40-41)31(34,35)29-14-9-23(17-37-29)4-1-21-7-11-26(12-8-21)43-18-24-5-2-22(16-36)3-6-24/h2-3,5-15,17,20,42H,18-19H2. The zero-order chi connectivity index (χ0) is 30.5. The topological polar surface area (TPSA) is 110 Å². The number of nitrogens with zero attached hydrogens (tertiary/aromatic N) is 6. The lowest BCUT2D eigenvalue weighted by atomic mass is 9.84. The van der Waals surface area contributed by atoms with Gasteiger partial charge in [-0.3, -0.25) is 4.98 Å². The number of nitriles is 1. The number of ether oxygens (including phenoxy) is 1. The van der Waals surface area contributed by atoms with Crippen molar-refractivity contribution in [3.63, 3.8) is 0 Å². The van der Waals surface area contributed by atoms with Gasteiger partial charge in [-0.15, -0.1) is 5.10 Å². The Balaban J connectivity index is 1.31. The molecular formula is C31H20ClF3N6O2. The highest BCUT2D eigenvalue weighted by molar-refractivity contribution is 6.30. The summed E-state index contributed by atoms with van der Waals surface area (Å²) in [4.78, 5) is 3.85. The number of rotatable bonds is 8. The van der Waals surface area contributed by atoms with Gasteiger partial charge in [0.05, 0.1) is 18.2 Å². The molecule has 0 radical (unpaired) electrons. The SMILES string of the molecule is N#Cc1ccc(COc2ccc(C#Cc3ccc(C(F)(F)C(O)(Cn4cnnn4)c4ccc(Cl)cc4F)nc3)cc2)cc1. The molecule has 3 aromatic carbocycles. The first-order valence-electron chi connectivity index (χ1n) is 12.6. The normalized spacial score (nSPS) is 12.5. The Bertz CT molecular complexity index is 1820. The van der Waals surface area contributed by atoms with Gasteiger partial charge in [-0.05, 0) is 76.7 Å². The van der Waals surface area contributed by atoms with Gasteiger partial charge in [0, 0.05) is 27.9 Å². The van der Waals surface area contributed by atoms with E-state index in [4.69, 9.17) is 21.6 Å². The summed E-state index contributed by atoms with van der Waals surface area (Å²) in [5, 5.41) is 30.5. The number of tetrazole rings is 1. The first-order valence-corrected chi connectivity index (χ1v) is 13.0. The van der Waals surface area contributed by atoms with Crippen molar-refractivity contribution in [1.29, 1.82) is 5.26 Å². The Morgan fingerprint density at radius 2 is 1.63 bits per heavy atom. The zero-order valence-corrected chi connectivity index (χ0v) is 22.9. The lowest BCUT2D eigenvalue weighted by Crippen LogP contribution is -2.48. The van der Waals surface area contributed by atoms with Gasteiger partial charge in [0.25, 0.3) is 0 Å². The first-order chi connectivity index (χ1) is 20.7. The van der Waals surface area contributed by atoms with Crippen LogP contribution in [0.5, 0.6) is 5.75 Å². The van der Waals surface area contributed by atoms with E-state index in [0.717, 1.165) is 41.0 Å². The number of aromatic nitrogens is 5. The maximum atomic E-state index is 15.9. The minimum Gasteiger partial charge on any atom is -0.489 e. The molecule has 0 aliphatic rings. The lowest BCUT2D eigenvalue weighted by molar-refractivity contribution is -0.207. The van der Waals surface area contributed by atoms with Crippen LogP contribution in [-0.2, 0) is 24.7 Å². The van der Waals surface area contributed by atoms with Crippen molar-refractivity contribution in [1.82, 2.24) is 25.2 Å². The molecule has 0 aliphatic heterocycles. The second-order valence-corrected chi connectivity index (χ2v) is 9.81. The maximum Gasteiger partial charge on any atom is 0.323 e. The third-order valence-corrected chi connectivity index (χ3v) is 6.69. The Morgan fingerprint density at radius 3 is 2.26 bits per heavy atom. The number of benzene rings is 3. The molecule has 0 amide bonds. The summed E-state index contributed by atoms with van der Waals surface area (Å²) in [7, 11) is 0. The molecule has 0 saturated carbocycles. The Kier molecular flexibility index (Phi) is 8.39. The van der Waals surface area contributed by atoms with Gasteiger partial charge in [0.1, 0.15) is 30.2 Å². The Hall–Kier alpha value is -5.23. The molecule has 2 heterocycles. The van der Waals surface area contributed by atoms with Gasteiger partial charge < -0.3 is 9.84 Å². The summed E-state index contributed by atoms with van der Waals surface area (Å²) in [5.41, 5.74) is -2.17. The summed E-state index contributed by atoms with van der Waals surface area (Å²) < 4.78 is 53.3. The van der Waals surface area contributed by atoms with E-state index >= 15 is 8.78 Å². The van der Waals surface area contributed by atoms with Crippen LogP contribution in [0.3, 0.4) is 0 Å². The molecule has 0 aliphatic carbocycles. The van der Waals surface area contributed by atoms with Crippen LogP contribution in [0.4, 0.5) is 13.2 Å². The monoisotopic (exact) mass is 600 g/mol. The van der Waals surface area contributed by atoms with Crippen LogP contribution in [0.1, 0.15) is 33.5 Å². The van der Waals surface area contributed by atoms with Gasteiger partial charge in [-0.1, -0.05) is 41.6 Å². The number of aliphatic hydroxyl groups is 1. The summed E-state index contributed by atoms with van der Waals surface area (Å²) in [5.74, 6) is 1.19.